The summed E-state index contributed by atoms with van der Waals surface area (Å²) >= 11 is 6.33. The molecular formula is C12H17ClN2. The van der Waals surface area contributed by atoms with Gasteiger partial charge in [0, 0.05) is 16.2 Å². The summed E-state index contributed by atoms with van der Waals surface area (Å²) in [6, 6.07) is 0. The number of aliphatic imine (C=N–C) groups is 1. The highest BCUT2D eigenvalue weighted by Gasteiger charge is 2.20. The van der Waals surface area contributed by atoms with Crippen LogP contribution in [-0.2, 0) is 0 Å². The van der Waals surface area contributed by atoms with Crippen molar-refractivity contribution in [2.75, 3.05) is 6.54 Å². The van der Waals surface area contributed by atoms with Crippen molar-refractivity contribution in [2.45, 2.75) is 20.8 Å². The first-order chi connectivity index (χ1) is 6.99. The van der Waals surface area contributed by atoms with Crippen molar-refractivity contribution >= 4 is 17.4 Å². The van der Waals surface area contributed by atoms with E-state index in [1.807, 2.05) is 13.0 Å². The molecule has 0 fully saturated rings. The van der Waals surface area contributed by atoms with Gasteiger partial charge in [-0.3, -0.25) is 4.99 Å². The van der Waals surface area contributed by atoms with Crippen LogP contribution in [0.15, 0.2) is 39.4 Å². The fourth-order valence-corrected chi connectivity index (χ4v) is 2.10. The molecule has 1 heterocycles. The van der Waals surface area contributed by atoms with E-state index in [0.29, 0.717) is 18.3 Å². The summed E-state index contributed by atoms with van der Waals surface area (Å²) in [6.45, 7) is 10.6. The number of hydrogen-bond acceptors (Lipinski definition) is 2. The number of hydrogen-bond donors (Lipinski definition) is 1. The second-order valence-electron chi connectivity index (χ2n) is 3.87. The first-order valence-electron chi connectivity index (χ1n) is 5.03. The van der Waals surface area contributed by atoms with Crippen LogP contribution in [0.1, 0.15) is 20.8 Å². The third kappa shape index (κ3) is 2.32. The first kappa shape index (κ1) is 12.1. The zero-order valence-electron chi connectivity index (χ0n) is 9.47. The van der Waals surface area contributed by atoms with Crippen molar-refractivity contribution in [1.29, 1.82) is 0 Å². The number of allylic oxidation sites excluding steroid dienone is 3. The predicted octanol–water partition coefficient (Wildman–Crippen LogP) is 3.01. The SMILES string of the molecule is C=C1C(N)=NC/C1=C(Cl)/C(=C\C)C(C)C. The molecule has 0 spiro atoms. The number of nitrogens with two attached hydrogens (primary N) is 1. The summed E-state index contributed by atoms with van der Waals surface area (Å²) < 4.78 is 0. The Kier molecular flexibility index (Phi) is 3.75. The summed E-state index contributed by atoms with van der Waals surface area (Å²) in [5.41, 5.74) is 8.50. The van der Waals surface area contributed by atoms with Crippen molar-refractivity contribution < 1.29 is 0 Å². The van der Waals surface area contributed by atoms with E-state index in [9.17, 15) is 0 Å². The third-order valence-electron chi connectivity index (χ3n) is 2.53. The molecule has 0 aliphatic carbocycles. The molecule has 0 unspecified atom stereocenters. The van der Waals surface area contributed by atoms with Gasteiger partial charge in [0.1, 0.15) is 5.84 Å². The molecular weight excluding hydrogens is 208 g/mol. The summed E-state index contributed by atoms with van der Waals surface area (Å²) in [7, 11) is 0. The summed E-state index contributed by atoms with van der Waals surface area (Å²) in [5, 5.41) is 0.752. The van der Waals surface area contributed by atoms with Gasteiger partial charge >= 0.3 is 0 Å². The molecule has 1 aliphatic rings. The standard InChI is InChI=1S/C12H17ClN2/c1-5-9(7(2)3)11(13)10-6-15-12(14)8(10)4/h5,7H,4,6H2,1-3H3,(H2,14,15)/b9-5-,11-10+. The van der Waals surface area contributed by atoms with Crippen LogP contribution < -0.4 is 5.73 Å². The molecule has 0 aromatic rings. The van der Waals surface area contributed by atoms with Gasteiger partial charge in [0.2, 0.25) is 0 Å². The second kappa shape index (κ2) is 4.67. The lowest BCUT2D eigenvalue weighted by atomic mass is 9.98. The first-order valence-corrected chi connectivity index (χ1v) is 5.41. The van der Waals surface area contributed by atoms with Crippen LogP contribution in [0.5, 0.6) is 0 Å². The highest BCUT2D eigenvalue weighted by atomic mass is 35.5. The van der Waals surface area contributed by atoms with E-state index in [1.165, 1.54) is 0 Å². The number of rotatable bonds is 2. The van der Waals surface area contributed by atoms with Crippen LogP contribution in [0.3, 0.4) is 0 Å². The topological polar surface area (TPSA) is 38.4 Å². The van der Waals surface area contributed by atoms with Crippen LogP contribution in [0.25, 0.3) is 0 Å². The fourth-order valence-electron chi connectivity index (χ4n) is 1.60. The van der Waals surface area contributed by atoms with Gasteiger partial charge < -0.3 is 5.73 Å². The van der Waals surface area contributed by atoms with Gasteiger partial charge in [0.25, 0.3) is 0 Å². The zero-order valence-corrected chi connectivity index (χ0v) is 10.2. The summed E-state index contributed by atoms with van der Waals surface area (Å²) in [6.07, 6.45) is 2.03. The number of halogens is 1. The summed E-state index contributed by atoms with van der Waals surface area (Å²) in [4.78, 5) is 4.12. The molecule has 0 saturated heterocycles. The molecule has 0 radical (unpaired) electrons. The molecule has 3 heteroatoms. The lowest BCUT2D eigenvalue weighted by molar-refractivity contribution is 0.783. The van der Waals surface area contributed by atoms with Gasteiger partial charge in [-0.25, -0.2) is 0 Å². The van der Waals surface area contributed by atoms with Gasteiger partial charge in [0.05, 0.1) is 6.54 Å². The van der Waals surface area contributed by atoms with Gasteiger partial charge in [-0.1, -0.05) is 38.1 Å². The van der Waals surface area contributed by atoms with Gasteiger partial charge in [-0.15, -0.1) is 0 Å². The maximum Gasteiger partial charge on any atom is 0.125 e. The maximum atomic E-state index is 6.33. The Hall–Kier alpha value is -1.02. The van der Waals surface area contributed by atoms with Crippen molar-refractivity contribution in [3.63, 3.8) is 0 Å². The minimum atomic E-state index is 0.393. The van der Waals surface area contributed by atoms with E-state index in [2.05, 4.69) is 25.4 Å². The fraction of sp³-hybridized carbons (Fsp3) is 0.417. The van der Waals surface area contributed by atoms with E-state index in [-0.39, 0.29) is 0 Å². The Morgan fingerprint density at radius 1 is 1.60 bits per heavy atom. The van der Waals surface area contributed by atoms with E-state index >= 15 is 0 Å². The van der Waals surface area contributed by atoms with Gasteiger partial charge in [0.15, 0.2) is 0 Å². The molecule has 0 bridgehead atoms. The van der Waals surface area contributed by atoms with Crippen molar-refractivity contribution in [3.05, 3.63) is 34.4 Å². The minimum Gasteiger partial charge on any atom is -0.384 e. The summed E-state index contributed by atoms with van der Waals surface area (Å²) in [5.74, 6) is 0.895. The average Bonchev–Trinajstić information content (AvgIpc) is 2.48. The molecule has 0 amide bonds. The zero-order chi connectivity index (χ0) is 11.6. The van der Waals surface area contributed by atoms with E-state index in [4.69, 9.17) is 17.3 Å². The Morgan fingerprint density at radius 3 is 2.53 bits per heavy atom. The molecule has 0 atom stereocenters. The molecule has 1 rings (SSSR count). The maximum absolute atomic E-state index is 6.33. The van der Waals surface area contributed by atoms with Gasteiger partial charge in [-0.05, 0) is 18.4 Å². The lowest BCUT2D eigenvalue weighted by Gasteiger charge is -2.12. The quantitative estimate of drug-likeness (QED) is 0.770. The monoisotopic (exact) mass is 224 g/mol. The Labute approximate surface area is 96.2 Å². The van der Waals surface area contributed by atoms with Crippen LogP contribution >= 0.6 is 11.6 Å². The number of amidine groups is 1. The molecule has 0 saturated carbocycles. The van der Waals surface area contributed by atoms with E-state index in [0.717, 1.165) is 21.8 Å². The molecule has 82 valence electrons. The van der Waals surface area contributed by atoms with Crippen LogP contribution in [0.2, 0.25) is 0 Å². The van der Waals surface area contributed by atoms with Gasteiger partial charge in [-0.2, -0.15) is 0 Å². The molecule has 2 N–H and O–H groups in total. The molecule has 1 aliphatic heterocycles. The Bertz CT molecular complexity index is 373. The highest BCUT2D eigenvalue weighted by molar-refractivity contribution is 6.33. The molecule has 0 aromatic carbocycles. The van der Waals surface area contributed by atoms with E-state index in [1.54, 1.807) is 0 Å². The molecule has 15 heavy (non-hydrogen) atoms. The smallest absolute Gasteiger partial charge is 0.125 e. The van der Waals surface area contributed by atoms with Crippen molar-refractivity contribution in [2.24, 2.45) is 16.6 Å². The van der Waals surface area contributed by atoms with E-state index < -0.39 is 0 Å². The highest BCUT2D eigenvalue weighted by Crippen LogP contribution is 2.31. The van der Waals surface area contributed by atoms with Crippen molar-refractivity contribution in [3.8, 4) is 0 Å². The molecule has 0 aromatic heterocycles. The average molecular weight is 225 g/mol. The van der Waals surface area contributed by atoms with Crippen LogP contribution in [0, 0.1) is 5.92 Å². The van der Waals surface area contributed by atoms with Crippen LogP contribution in [0.4, 0.5) is 0 Å². The largest absolute Gasteiger partial charge is 0.384 e. The normalized spacial score (nSPS) is 21.0. The molecule has 2 nitrogen and oxygen atoms in total. The lowest BCUT2D eigenvalue weighted by Crippen LogP contribution is -2.10. The minimum absolute atomic E-state index is 0.393. The Balaban J connectivity index is 3.08. The second-order valence-corrected chi connectivity index (χ2v) is 4.25. The predicted molar refractivity (Wildman–Crippen MR) is 67.1 cm³/mol. The van der Waals surface area contributed by atoms with Crippen molar-refractivity contribution in [1.82, 2.24) is 0 Å². The van der Waals surface area contributed by atoms with Crippen LogP contribution in [-0.4, -0.2) is 12.4 Å². The Morgan fingerprint density at radius 2 is 2.20 bits per heavy atom. The number of nitrogens with zero attached hydrogens (tertiary/aromatic N) is 1. The third-order valence-corrected chi connectivity index (χ3v) is 2.98.